The van der Waals surface area contributed by atoms with Crippen molar-refractivity contribution in [3.8, 4) is 6.07 Å². The standard InChI is InChI=1S/C16H19FN2O/c1-11-6-5-9-13(15(11)17)16(20)19-14(10-18)12-7-3-2-4-8-12/h5-6,9,12,14H,2-4,7-8H2,1H3,(H,19,20). The highest BCUT2D eigenvalue weighted by Crippen LogP contribution is 2.26. The molecule has 0 aliphatic heterocycles. The van der Waals surface area contributed by atoms with Crippen molar-refractivity contribution >= 4 is 5.91 Å². The average molecular weight is 274 g/mol. The second-order valence-electron chi connectivity index (χ2n) is 5.41. The molecule has 1 aromatic carbocycles. The van der Waals surface area contributed by atoms with Gasteiger partial charge in [-0.15, -0.1) is 0 Å². The lowest BCUT2D eigenvalue weighted by Crippen LogP contribution is -2.40. The molecule has 1 unspecified atom stereocenters. The number of carbonyl (C=O) groups excluding carboxylic acids is 1. The van der Waals surface area contributed by atoms with Crippen LogP contribution in [-0.2, 0) is 0 Å². The fourth-order valence-electron chi connectivity index (χ4n) is 2.76. The van der Waals surface area contributed by atoms with Crippen molar-refractivity contribution in [2.75, 3.05) is 0 Å². The van der Waals surface area contributed by atoms with Crippen molar-refractivity contribution in [1.29, 1.82) is 5.26 Å². The summed E-state index contributed by atoms with van der Waals surface area (Å²) in [7, 11) is 0. The van der Waals surface area contributed by atoms with E-state index in [1.165, 1.54) is 12.5 Å². The van der Waals surface area contributed by atoms with E-state index in [1.807, 2.05) is 0 Å². The highest BCUT2D eigenvalue weighted by molar-refractivity contribution is 5.95. The Bertz CT molecular complexity index is 530. The molecule has 1 aliphatic rings. The van der Waals surface area contributed by atoms with E-state index in [2.05, 4.69) is 11.4 Å². The van der Waals surface area contributed by atoms with Crippen molar-refractivity contribution in [1.82, 2.24) is 5.32 Å². The monoisotopic (exact) mass is 274 g/mol. The Morgan fingerprint density at radius 2 is 2.10 bits per heavy atom. The van der Waals surface area contributed by atoms with Crippen LogP contribution in [0.1, 0.15) is 48.0 Å². The van der Waals surface area contributed by atoms with Crippen molar-refractivity contribution in [2.24, 2.45) is 5.92 Å². The zero-order valence-electron chi connectivity index (χ0n) is 11.7. The average Bonchev–Trinajstić information content (AvgIpc) is 2.48. The minimum Gasteiger partial charge on any atom is -0.336 e. The molecule has 1 aromatic rings. The number of benzene rings is 1. The van der Waals surface area contributed by atoms with Gasteiger partial charge in [0, 0.05) is 0 Å². The summed E-state index contributed by atoms with van der Waals surface area (Å²) in [5.74, 6) is -0.820. The normalized spacial score (nSPS) is 17.2. The number of halogens is 1. The minimum atomic E-state index is -0.525. The summed E-state index contributed by atoms with van der Waals surface area (Å²) in [5, 5.41) is 11.9. The van der Waals surface area contributed by atoms with Gasteiger partial charge >= 0.3 is 0 Å². The van der Waals surface area contributed by atoms with Crippen LogP contribution >= 0.6 is 0 Å². The first-order valence-corrected chi connectivity index (χ1v) is 7.09. The Labute approximate surface area is 118 Å². The van der Waals surface area contributed by atoms with Gasteiger partial charge in [0.15, 0.2) is 0 Å². The van der Waals surface area contributed by atoms with E-state index in [9.17, 15) is 14.4 Å². The zero-order chi connectivity index (χ0) is 14.5. The second kappa shape index (κ2) is 6.51. The van der Waals surface area contributed by atoms with Gasteiger partial charge in [-0.3, -0.25) is 4.79 Å². The molecule has 1 atom stereocenters. The van der Waals surface area contributed by atoms with Crippen LogP contribution in [0.25, 0.3) is 0 Å². The lowest BCUT2D eigenvalue weighted by Gasteiger charge is -2.26. The first-order chi connectivity index (χ1) is 9.63. The van der Waals surface area contributed by atoms with Crippen LogP contribution < -0.4 is 5.32 Å². The van der Waals surface area contributed by atoms with Gasteiger partial charge in [0.25, 0.3) is 5.91 Å². The topological polar surface area (TPSA) is 52.9 Å². The molecule has 1 amide bonds. The van der Waals surface area contributed by atoms with Gasteiger partial charge in [0.05, 0.1) is 11.6 Å². The van der Waals surface area contributed by atoms with E-state index in [4.69, 9.17) is 0 Å². The van der Waals surface area contributed by atoms with Crippen LogP contribution in [0.15, 0.2) is 18.2 Å². The summed E-state index contributed by atoms with van der Waals surface area (Å²) in [6.45, 7) is 1.62. The third-order valence-electron chi connectivity index (χ3n) is 3.98. The fourth-order valence-corrected chi connectivity index (χ4v) is 2.76. The number of nitriles is 1. The van der Waals surface area contributed by atoms with Crippen molar-refractivity contribution in [2.45, 2.75) is 45.1 Å². The number of hydrogen-bond donors (Lipinski definition) is 1. The number of aryl methyl sites for hydroxylation is 1. The van der Waals surface area contributed by atoms with Crippen LogP contribution in [0.2, 0.25) is 0 Å². The summed E-state index contributed by atoms with van der Waals surface area (Å²) in [6.07, 6.45) is 5.29. The van der Waals surface area contributed by atoms with Gasteiger partial charge in [0.2, 0.25) is 0 Å². The third kappa shape index (κ3) is 3.16. The van der Waals surface area contributed by atoms with Gasteiger partial charge in [-0.25, -0.2) is 4.39 Å². The largest absolute Gasteiger partial charge is 0.336 e. The maximum Gasteiger partial charge on any atom is 0.255 e. The van der Waals surface area contributed by atoms with Crippen LogP contribution in [0.5, 0.6) is 0 Å². The molecule has 2 rings (SSSR count). The van der Waals surface area contributed by atoms with E-state index in [0.29, 0.717) is 5.56 Å². The number of rotatable bonds is 3. The molecule has 0 saturated heterocycles. The van der Waals surface area contributed by atoms with Crippen LogP contribution in [0, 0.1) is 30.0 Å². The van der Waals surface area contributed by atoms with Crippen LogP contribution in [0.3, 0.4) is 0 Å². The number of nitrogens with zero attached hydrogens (tertiary/aromatic N) is 1. The molecule has 0 radical (unpaired) electrons. The molecule has 106 valence electrons. The van der Waals surface area contributed by atoms with E-state index < -0.39 is 17.8 Å². The molecule has 1 N–H and O–H groups in total. The molecule has 0 bridgehead atoms. The maximum atomic E-state index is 13.9. The Kier molecular flexibility index (Phi) is 4.73. The van der Waals surface area contributed by atoms with Crippen LogP contribution in [-0.4, -0.2) is 11.9 Å². The third-order valence-corrected chi connectivity index (χ3v) is 3.98. The molecule has 0 aromatic heterocycles. The van der Waals surface area contributed by atoms with E-state index in [-0.39, 0.29) is 11.5 Å². The fraction of sp³-hybridized carbons (Fsp3) is 0.500. The predicted molar refractivity (Wildman–Crippen MR) is 74.6 cm³/mol. The quantitative estimate of drug-likeness (QED) is 0.919. The summed E-state index contributed by atoms with van der Waals surface area (Å²) in [4.78, 5) is 12.1. The summed E-state index contributed by atoms with van der Waals surface area (Å²) in [5.41, 5.74) is 0.449. The molecule has 20 heavy (non-hydrogen) atoms. The van der Waals surface area contributed by atoms with E-state index >= 15 is 0 Å². The van der Waals surface area contributed by atoms with Gasteiger partial charge in [0.1, 0.15) is 11.9 Å². The number of hydrogen-bond acceptors (Lipinski definition) is 2. The number of carbonyl (C=O) groups is 1. The molecule has 3 nitrogen and oxygen atoms in total. The molecular formula is C16H19FN2O. The Balaban J connectivity index is 2.09. The second-order valence-corrected chi connectivity index (χ2v) is 5.41. The molecule has 4 heteroatoms. The van der Waals surface area contributed by atoms with Gasteiger partial charge < -0.3 is 5.32 Å². The van der Waals surface area contributed by atoms with Crippen molar-refractivity contribution in [3.63, 3.8) is 0 Å². The SMILES string of the molecule is Cc1cccc(C(=O)NC(C#N)C2CCCCC2)c1F. The number of amides is 1. The Morgan fingerprint density at radius 3 is 2.75 bits per heavy atom. The highest BCUT2D eigenvalue weighted by Gasteiger charge is 2.26. The molecular weight excluding hydrogens is 255 g/mol. The summed E-state index contributed by atoms with van der Waals surface area (Å²) in [6, 6.07) is 6.35. The summed E-state index contributed by atoms with van der Waals surface area (Å²) >= 11 is 0. The molecule has 0 heterocycles. The molecule has 1 aliphatic carbocycles. The predicted octanol–water partition coefficient (Wildman–Crippen LogP) is 3.34. The summed E-state index contributed by atoms with van der Waals surface area (Å²) < 4.78 is 13.9. The first-order valence-electron chi connectivity index (χ1n) is 7.09. The molecule has 1 saturated carbocycles. The van der Waals surface area contributed by atoms with Crippen molar-refractivity contribution < 1.29 is 9.18 Å². The lowest BCUT2D eigenvalue weighted by atomic mass is 9.84. The lowest BCUT2D eigenvalue weighted by molar-refractivity contribution is 0.0924. The van der Waals surface area contributed by atoms with Crippen molar-refractivity contribution in [3.05, 3.63) is 35.1 Å². The number of nitrogens with one attached hydrogen (secondary N) is 1. The molecule has 1 fully saturated rings. The Hall–Kier alpha value is -1.89. The Morgan fingerprint density at radius 1 is 1.40 bits per heavy atom. The van der Waals surface area contributed by atoms with E-state index in [1.54, 1.807) is 19.1 Å². The zero-order valence-corrected chi connectivity index (χ0v) is 11.7. The van der Waals surface area contributed by atoms with Gasteiger partial charge in [-0.05, 0) is 37.3 Å². The van der Waals surface area contributed by atoms with Crippen LogP contribution in [0.4, 0.5) is 4.39 Å². The highest BCUT2D eigenvalue weighted by atomic mass is 19.1. The van der Waals surface area contributed by atoms with E-state index in [0.717, 1.165) is 25.7 Å². The maximum absolute atomic E-state index is 13.9. The first kappa shape index (κ1) is 14.5. The van der Waals surface area contributed by atoms with Gasteiger partial charge in [-0.1, -0.05) is 31.4 Å². The molecule has 0 spiro atoms. The van der Waals surface area contributed by atoms with Gasteiger partial charge in [-0.2, -0.15) is 5.26 Å². The smallest absolute Gasteiger partial charge is 0.255 e. The minimum absolute atomic E-state index is 0.0149.